The van der Waals surface area contributed by atoms with Gasteiger partial charge in [0.25, 0.3) is 5.91 Å². The van der Waals surface area contributed by atoms with Crippen molar-refractivity contribution in [1.82, 2.24) is 15.1 Å². The van der Waals surface area contributed by atoms with Crippen molar-refractivity contribution >= 4 is 17.6 Å². The molecule has 2 aliphatic heterocycles. The average molecular weight is 493 g/mol. The van der Waals surface area contributed by atoms with E-state index in [1.54, 1.807) is 0 Å². The van der Waals surface area contributed by atoms with E-state index in [-0.39, 0.29) is 17.9 Å². The molecule has 2 heterocycles. The molecule has 7 nitrogen and oxygen atoms in total. The number of amides is 3. The van der Waals surface area contributed by atoms with Crippen LogP contribution in [0.4, 0.5) is 10.5 Å². The zero-order chi connectivity index (χ0) is 25.2. The first-order valence-corrected chi connectivity index (χ1v) is 13.5. The third-order valence-electron chi connectivity index (χ3n) is 7.16. The lowest BCUT2D eigenvalue weighted by Gasteiger charge is -2.33. The van der Waals surface area contributed by atoms with Crippen LogP contribution in [0.1, 0.15) is 67.3 Å². The van der Waals surface area contributed by atoms with Gasteiger partial charge in [-0.3, -0.25) is 4.79 Å². The van der Waals surface area contributed by atoms with E-state index in [2.05, 4.69) is 21.6 Å². The summed E-state index contributed by atoms with van der Waals surface area (Å²) in [7, 11) is 0. The van der Waals surface area contributed by atoms with Crippen molar-refractivity contribution in [3.8, 4) is 5.75 Å². The Hall–Kier alpha value is -3.06. The van der Waals surface area contributed by atoms with Crippen molar-refractivity contribution in [2.24, 2.45) is 0 Å². The molecular formula is C29H40N4O3. The molecule has 0 bridgehead atoms. The molecule has 1 atom stereocenters. The van der Waals surface area contributed by atoms with E-state index < -0.39 is 0 Å². The van der Waals surface area contributed by atoms with Gasteiger partial charge in [0.2, 0.25) is 0 Å². The Morgan fingerprint density at radius 3 is 2.50 bits per heavy atom. The predicted molar refractivity (Wildman–Crippen MR) is 144 cm³/mol. The fraction of sp³-hybridized carbons (Fsp3) is 0.517. The van der Waals surface area contributed by atoms with E-state index in [1.807, 2.05) is 54.3 Å². The number of nitrogens with one attached hydrogen (secondary N) is 2. The van der Waals surface area contributed by atoms with E-state index in [0.717, 1.165) is 56.0 Å². The van der Waals surface area contributed by atoms with Gasteiger partial charge in [0.15, 0.2) is 0 Å². The number of hydrogen-bond donors (Lipinski definition) is 2. The van der Waals surface area contributed by atoms with Crippen molar-refractivity contribution in [2.75, 3.05) is 51.2 Å². The van der Waals surface area contributed by atoms with Crippen LogP contribution in [0.2, 0.25) is 0 Å². The molecule has 0 aromatic heterocycles. The first kappa shape index (κ1) is 26.0. The molecule has 0 unspecified atom stereocenters. The second kappa shape index (κ2) is 13.3. The molecule has 2 aromatic carbocycles. The summed E-state index contributed by atoms with van der Waals surface area (Å²) in [5, 5.41) is 6.10. The molecule has 0 spiro atoms. The molecule has 0 radical (unpaired) electrons. The van der Waals surface area contributed by atoms with E-state index in [4.69, 9.17) is 4.74 Å². The number of rotatable bonds is 8. The van der Waals surface area contributed by atoms with Crippen LogP contribution in [0.25, 0.3) is 0 Å². The zero-order valence-corrected chi connectivity index (χ0v) is 21.5. The SMILES string of the molecule is CCOc1ccc(NC(=O)N2CCC[C@@H](c3cccc(C(=O)NCCN4CCCCCC4)c3)C2)cc1. The molecule has 2 aliphatic rings. The van der Waals surface area contributed by atoms with E-state index in [0.29, 0.717) is 25.3 Å². The number of urea groups is 1. The maximum Gasteiger partial charge on any atom is 0.321 e. The smallest absolute Gasteiger partial charge is 0.321 e. The molecule has 2 N–H and O–H groups in total. The van der Waals surface area contributed by atoms with Crippen molar-refractivity contribution in [3.63, 3.8) is 0 Å². The summed E-state index contributed by atoms with van der Waals surface area (Å²) in [6, 6.07) is 15.3. The number of carbonyl (C=O) groups excluding carboxylic acids is 2. The number of benzene rings is 2. The summed E-state index contributed by atoms with van der Waals surface area (Å²) in [6.45, 7) is 7.78. The summed E-state index contributed by atoms with van der Waals surface area (Å²) in [6.07, 6.45) is 7.09. The number of hydrogen-bond acceptors (Lipinski definition) is 4. The minimum atomic E-state index is -0.0914. The molecule has 36 heavy (non-hydrogen) atoms. The molecule has 2 saturated heterocycles. The highest BCUT2D eigenvalue weighted by Gasteiger charge is 2.25. The Labute approximate surface area is 215 Å². The maximum absolute atomic E-state index is 12.9. The first-order valence-electron chi connectivity index (χ1n) is 13.5. The highest BCUT2D eigenvalue weighted by Crippen LogP contribution is 2.28. The summed E-state index contributed by atoms with van der Waals surface area (Å²) < 4.78 is 5.47. The summed E-state index contributed by atoms with van der Waals surface area (Å²) >= 11 is 0. The summed E-state index contributed by atoms with van der Waals surface area (Å²) in [5.41, 5.74) is 2.57. The lowest BCUT2D eigenvalue weighted by Crippen LogP contribution is -2.41. The Bertz CT molecular complexity index is 986. The van der Waals surface area contributed by atoms with Gasteiger partial charge < -0.3 is 25.2 Å². The number of nitrogens with zero attached hydrogens (tertiary/aromatic N) is 2. The second-order valence-electron chi connectivity index (χ2n) is 9.81. The van der Waals surface area contributed by atoms with Crippen LogP contribution < -0.4 is 15.4 Å². The van der Waals surface area contributed by atoms with Gasteiger partial charge in [-0.2, -0.15) is 0 Å². The lowest BCUT2D eigenvalue weighted by molar-refractivity contribution is 0.0948. The summed E-state index contributed by atoms with van der Waals surface area (Å²) in [4.78, 5) is 30.1. The van der Waals surface area contributed by atoms with Crippen LogP contribution in [-0.2, 0) is 0 Å². The van der Waals surface area contributed by atoms with Gasteiger partial charge in [0, 0.05) is 43.3 Å². The average Bonchev–Trinajstić information content (AvgIpc) is 3.19. The van der Waals surface area contributed by atoms with Gasteiger partial charge in [-0.15, -0.1) is 0 Å². The minimum absolute atomic E-state index is 0.0208. The molecule has 7 heteroatoms. The number of likely N-dealkylation sites (tertiary alicyclic amines) is 2. The standard InChI is InChI=1S/C29H40N4O3/c1-2-36-27-14-12-26(13-15-27)31-29(35)33-19-8-11-25(22-33)23-9-7-10-24(21-23)28(34)30-16-20-32-17-5-3-4-6-18-32/h7,9-10,12-15,21,25H,2-6,8,11,16-20,22H2,1H3,(H,30,34)(H,31,35)/t25-/m1/s1. The quantitative estimate of drug-likeness (QED) is 0.538. The van der Waals surface area contributed by atoms with Crippen molar-refractivity contribution < 1.29 is 14.3 Å². The van der Waals surface area contributed by atoms with E-state index >= 15 is 0 Å². The third kappa shape index (κ3) is 7.47. The fourth-order valence-corrected chi connectivity index (χ4v) is 5.16. The molecule has 194 valence electrons. The van der Waals surface area contributed by atoms with Gasteiger partial charge in [0.05, 0.1) is 6.61 Å². The molecular weight excluding hydrogens is 452 g/mol. The van der Waals surface area contributed by atoms with Gasteiger partial charge in [-0.1, -0.05) is 25.0 Å². The Morgan fingerprint density at radius 2 is 1.75 bits per heavy atom. The Kier molecular flexibility index (Phi) is 9.61. The normalized spacial score (nSPS) is 18.8. The van der Waals surface area contributed by atoms with Crippen molar-refractivity contribution in [3.05, 3.63) is 59.7 Å². The molecule has 4 rings (SSSR count). The first-order chi connectivity index (χ1) is 17.6. The highest BCUT2D eigenvalue weighted by molar-refractivity contribution is 5.94. The predicted octanol–water partition coefficient (Wildman–Crippen LogP) is 5.10. The number of anilines is 1. The molecule has 0 saturated carbocycles. The fourth-order valence-electron chi connectivity index (χ4n) is 5.16. The lowest BCUT2D eigenvalue weighted by atomic mass is 9.89. The second-order valence-corrected chi connectivity index (χ2v) is 9.81. The van der Waals surface area contributed by atoms with Crippen LogP contribution in [0.5, 0.6) is 5.75 Å². The monoisotopic (exact) mass is 492 g/mol. The molecule has 3 amide bonds. The highest BCUT2D eigenvalue weighted by atomic mass is 16.5. The summed E-state index contributed by atoms with van der Waals surface area (Å²) in [5.74, 6) is 0.988. The van der Waals surface area contributed by atoms with Crippen molar-refractivity contribution in [2.45, 2.75) is 51.4 Å². The van der Waals surface area contributed by atoms with E-state index in [1.165, 1.54) is 25.7 Å². The topological polar surface area (TPSA) is 73.9 Å². The minimum Gasteiger partial charge on any atom is -0.494 e. The molecule has 2 fully saturated rings. The molecule has 2 aromatic rings. The van der Waals surface area contributed by atoms with Crippen LogP contribution in [0.15, 0.2) is 48.5 Å². The van der Waals surface area contributed by atoms with E-state index in [9.17, 15) is 9.59 Å². The van der Waals surface area contributed by atoms with Crippen LogP contribution in [-0.4, -0.2) is 67.6 Å². The zero-order valence-electron chi connectivity index (χ0n) is 21.5. The Balaban J connectivity index is 1.29. The van der Waals surface area contributed by atoms with Gasteiger partial charge in [0.1, 0.15) is 5.75 Å². The third-order valence-corrected chi connectivity index (χ3v) is 7.16. The van der Waals surface area contributed by atoms with Crippen LogP contribution in [0, 0.1) is 0 Å². The van der Waals surface area contributed by atoms with Gasteiger partial charge in [-0.05, 0) is 87.7 Å². The number of ether oxygens (including phenoxy) is 1. The van der Waals surface area contributed by atoms with Gasteiger partial charge in [-0.25, -0.2) is 4.79 Å². The number of piperidine rings is 1. The van der Waals surface area contributed by atoms with Crippen LogP contribution in [0.3, 0.4) is 0 Å². The van der Waals surface area contributed by atoms with Crippen LogP contribution >= 0.6 is 0 Å². The van der Waals surface area contributed by atoms with Gasteiger partial charge >= 0.3 is 6.03 Å². The van der Waals surface area contributed by atoms with Crippen molar-refractivity contribution in [1.29, 1.82) is 0 Å². The Morgan fingerprint density at radius 1 is 0.972 bits per heavy atom. The maximum atomic E-state index is 12.9. The molecule has 0 aliphatic carbocycles. The largest absolute Gasteiger partial charge is 0.494 e. The number of carbonyl (C=O) groups is 2.